The van der Waals surface area contributed by atoms with Gasteiger partial charge in [-0.2, -0.15) is 0 Å². The number of ether oxygens (including phenoxy) is 2. The minimum Gasteiger partial charge on any atom is -0.467 e. The highest BCUT2D eigenvalue weighted by atomic mass is 28.4. The summed E-state index contributed by atoms with van der Waals surface area (Å²) in [7, 11) is -1.44. The zero-order chi connectivity index (χ0) is 29.2. The van der Waals surface area contributed by atoms with Crippen LogP contribution in [0, 0.1) is 0 Å². The standard InChI is InChI=1S/C33H41NO5Si/c1-25(23-30(31(35)37-6)34-32(36)38-24-27-16-10-7-11-17-27)22-26(2)39-40(33(3,4)5,28-18-12-8-13-19-28)29-20-14-9-15-21-29/h7-22,26,30H,23-24H2,1-6H3,(H,34,36)/b25-22+/t26-,30-/m0/s1. The molecule has 3 aromatic carbocycles. The molecule has 7 heteroatoms. The molecule has 0 aromatic heterocycles. The van der Waals surface area contributed by atoms with Crippen molar-refractivity contribution < 1.29 is 23.5 Å². The fourth-order valence-corrected chi connectivity index (χ4v) is 9.68. The lowest BCUT2D eigenvalue weighted by molar-refractivity contribution is -0.143. The first-order valence-corrected chi connectivity index (χ1v) is 15.5. The molecule has 212 valence electrons. The molecule has 3 rings (SSSR count). The molecule has 3 aromatic rings. The molecule has 0 aliphatic rings. The summed E-state index contributed by atoms with van der Waals surface area (Å²) in [6.45, 7) is 10.8. The summed E-state index contributed by atoms with van der Waals surface area (Å²) in [4.78, 5) is 25.0. The van der Waals surface area contributed by atoms with Gasteiger partial charge in [-0.15, -0.1) is 0 Å². The van der Waals surface area contributed by atoms with Crippen LogP contribution in [0.1, 0.15) is 46.6 Å². The quantitative estimate of drug-likeness (QED) is 0.184. The Morgan fingerprint density at radius 1 is 0.875 bits per heavy atom. The lowest BCUT2D eigenvalue weighted by Gasteiger charge is -2.44. The zero-order valence-corrected chi connectivity index (χ0v) is 25.3. The van der Waals surface area contributed by atoms with Crippen LogP contribution in [0.2, 0.25) is 5.04 Å². The highest BCUT2D eigenvalue weighted by Crippen LogP contribution is 2.37. The van der Waals surface area contributed by atoms with Crippen LogP contribution in [0.5, 0.6) is 0 Å². The minimum absolute atomic E-state index is 0.110. The Kier molecular flexibility index (Phi) is 10.9. The molecule has 2 atom stereocenters. The fourth-order valence-electron chi connectivity index (χ4n) is 5.04. The molecule has 1 amide bonds. The number of hydrogen-bond donors (Lipinski definition) is 1. The van der Waals surface area contributed by atoms with Crippen molar-refractivity contribution in [2.24, 2.45) is 0 Å². The average Bonchev–Trinajstić information content (AvgIpc) is 2.94. The van der Waals surface area contributed by atoms with Gasteiger partial charge < -0.3 is 19.2 Å². The van der Waals surface area contributed by atoms with E-state index in [1.807, 2.05) is 62.4 Å². The summed E-state index contributed by atoms with van der Waals surface area (Å²) < 4.78 is 17.4. The van der Waals surface area contributed by atoms with Crippen molar-refractivity contribution in [3.05, 3.63) is 108 Å². The van der Waals surface area contributed by atoms with E-state index in [1.54, 1.807) is 0 Å². The number of rotatable bonds is 11. The van der Waals surface area contributed by atoms with Gasteiger partial charge in [0.05, 0.1) is 13.2 Å². The third kappa shape index (κ3) is 7.93. The second kappa shape index (κ2) is 14.1. The molecule has 0 saturated heterocycles. The van der Waals surface area contributed by atoms with Gasteiger partial charge in [0.25, 0.3) is 8.32 Å². The number of benzene rings is 3. The molecular weight excluding hydrogens is 518 g/mol. The zero-order valence-electron chi connectivity index (χ0n) is 24.3. The van der Waals surface area contributed by atoms with E-state index in [9.17, 15) is 9.59 Å². The van der Waals surface area contributed by atoms with Crippen molar-refractivity contribution in [3.63, 3.8) is 0 Å². The first kappa shape index (κ1) is 30.9. The lowest BCUT2D eigenvalue weighted by Crippen LogP contribution is -2.67. The van der Waals surface area contributed by atoms with E-state index < -0.39 is 26.4 Å². The lowest BCUT2D eigenvalue weighted by atomic mass is 10.1. The van der Waals surface area contributed by atoms with E-state index in [-0.39, 0.29) is 24.2 Å². The molecule has 0 aliphatic heterocycles. The van der Waals surface area contributed by atoms with Gasteiger partial charge in [0.1, 0.15) is 12.6 Å². The molecule has 0 bridgehead atoms. The van der Waals surface area contributed by atoms with Crippen molar-refractivity contribution in [1.29, 1.82) is 0 Å². The topological polar surface area (TPSA) is 73.9 Å². The van der Waals surface area contributed by atoms with E-state index in [2.05, 4.69) is 74.6 Å². The van der Waals surface area contributed by atoms with Crippen LogP contribution < -0.4 is 15.7 Å². The van der Waals surface area contributed by atoms with Gasteiger partial charge in [-0.3, -0.25) is 0 Å². The van der Waals surface area contributed by atoms with Crippen molar-refractivity contribution in [2.75, 3.05) is 7.11 Å². The van der Waals surface area contributed by atoms with Crippen molar-refractivity contribution >= 4 is 30.8 Å². The number of hydrogen-bond acceptors (Lipinski definition) is 5. The summed E-state index contributed by atoms with van der Waals surface area (Å²) >= 11 is 0. The second-order valence-corrected chi connectivity index (χ2v) is 15.2. The summed E-state index contributed by atoms with van der Waals surface area (Å²) in [5.74, 6) is -0.537. The summed E-state index contributed by atoms with van der Waals surface area (Å²) in [6, 6.07) is 29.4. The summed E-state index contributed by atoms with van der Waals surface area (Å²) in [6.07, 6.45) is 1.35. The third-order valence-corrected chi connectivity index (χ3v) is 11.9. The Morgan fingerprint density at radius 3 is 1.85 bits per heavy atom. The number of alkyl carbamates (subject to hydrolysis) is 1. The Hall–Kier alpha value is -3.68. The number of carbonyl (C=O) groups is 2. The van der Waals surface area contributed by atoms with E-state index in [1.165, 1.54) is 17.5 Å². The van der Waals surface area contributed by atoms with E-state index in [0.717, 1.165) is 11.1 Å². The number of amides is 1. The summed E-state index contributed by atoms with van der Waals surface area (Å²) in [5, 5.41) is 4.89. The third-order valence-electron chi connectivity index (χ3n) is 6.82. The molecule has 0 heterocycles. The van der Waals surface area contributed by atoms with Crippen molar-refractivity contribution in [2.45, 2.75) is 64.8 Å². The molecular formula is C33H41NO5Si. The first-order chi connectivity index (χ1) is 19.1. The van der Waals surface area contributed by atoms with Gasteiger partial charge in [-0.05, 0) is 41.2 Å². The normalized spacial score (nSPS) is 13.7. The van der Waals surface area contributed by atoms with Gasteiger partial charge in [-0.25, -0.2) is 9.59 Å². The van der Waals surface area contributed by atoms with Crippen LogP contribution in [0.3, 0.4) is 0 Å². The monoisotopic (exact) mass is 559 g/mol. The Labute approximate surface area is 239 Å². The van der Waals surface area contributed by atoms with Gasteiger partial charge >= 0.3 is 12.1 Å². The smallest absolute Gasteiger partial charge is 0.408 e. The largest absolute Gasteiger partial charge is 0.467 e. The molecule has 6 nitrogen and oxygen atoms in total. The van der Waals surface area contributed by atoms with Crippen molar-refractivity contribution in [3.8, 4) is 0 Å². The van der Waals surface area contributed by atoms with Gasteiger partial charge in [0, 0.05) is 0 Å². The van der Waals surface area contributed by atoms with Crippen LogP contribution in [0.4, 0.5) is 4.79 Å². The van der Waals surface area contributed by atoms with Gasteiger partial charge in [0.2, 0.25) is 0 Å². The Morgan fingerprint density at radius 2 is 1.38 bits per heavy atom. The minimum atomic E-state index is -2.74. The Balaban J connectivity index is 1.80. The SMILES string of the molecule is COC(=O)[C@H](C/C(C)=C/[C@H](C)O[Si](c1ccccc1)(c1ccccc1)C(C)(C)C)NC(=O)OCc1ccccc1. The van der Waals surface area contributed by atoms with E-state index in [4.69, 9.17) is 13.9 Å². The van der Waals surface area contributed by atoms with Gasteiger partial charge in [-0.1, -0.05) is 123 Å². The number of esters is 1. The highest BCUT2D eigenvalue weighted by molar-refractivity contribution is 6.99. The molecule has 0 radical (unpaired) electrons. The fraction of sp³-hybridized carbons (Fsp3) is 0.333. The van der Waals surface area contributed by atoms with Gasteiger partial charge in [0.15, 0.2) is 0 Å². The molecule has 0 saturated carbocycles. The molecule has 40 heavy (non-hydrogen) atoms. The number of nitrogens with one attached hydrogen (secondary N) is 1. The van der Waals surface area contributed by atoms with Crippen LogP contribution in [0.25, 0.3) is 0 Å². The van der Waals surface area contributed by atoms with Crippen molar-refractivity contribution in [1.82, 2.24) is 5.32 Å². The van der Waals surface area contributed by atoms with E-state index >= 15 is 0 Å². The van der Waals surface area contributed by atoms with Crippen LogP contribution in [-0.4, -0.2) is 39.6 Å². The predicted molar refractivity (Wildman–Crippen MR) is 162 cm³/mol. The molecule has 0 spiro atoms. The first-order valence-electron chi connectivity index (χ1n) is 13.6. The number of carbonyl (C=O) groups excluding carboxylic acids is 2. The predicted octanol–water partition coefficient (Wildman–Crippen LogP) is 5.76. The maximum atomic E-state index is 12.5. The van der Waals surface area contributed by atoms with Crippen LogP contribution >= 0.6 is 0 Å². The van der Waals surface area contributed by atoms with Crippen LogP contribution in [0.15, 0.2) is 103 Å². The molecule has 0 fully saturated rings. The maximum Gasteiger partial charge on any atom is 0.408 e. The van der Waals surface area contributed by atoms with Crippen LogP contribution in [-0.2, 0) is 25.3 Å². The summed E-state index contributed by atoms with van der Waals surface area (Å²) in [5.41, 5.74) is 1.75. The van der Waals surface area contributed by atoms with E-state index in [0.29, 0.717) is 0 Å². The Bertz CT molecular complexity index is 1220. The molecule has 0 unspecified atom stereocenters. The highest BCUT2D eigenvalue weighted by Gasteiger charge is 2.50. The number of methoxy groups -OCH3 is 1. The molecule has 1 N–H and O–H groups in total. The second-order valence-electron chi connectivity index (χ2n) is 11.0. The average molecular weight is 560 g/mol. The molecule has 0 aliphatic carbocycles. The maximum absolute atomic E-state index is 12.5.